The maximum atomic E-state index is 13.7. The van der Waals surface area contributed by atoms with Crippen molar-refractivity contribution < 1.29 is 4.79 Å². The fourth-order valence-corrected chi connectivity index (χ4v) is 8.28. The molecule has 29 heavy (non-hydrogen) atoms. The molecular weight excluding hydrogens is 422 g/mol. The Hall–Kier alpha value is -1.61. The molecule has 2 atom stereocenters. The average Bonchev–Trinajstić information content (AvgIpc) is 2.65. The topological polar surface area (TPSA) is 20.3 Å². The summed E-state index contributed by atoms with van der Waals surface area (Å²) in [5.74, 6) is 1.91. The molecule has 6 rings (SSSR count). The van der Waals surface area contributed by atoms with E-state index < -0.39 is 0 Å². The van der Waals surface area contributed by atoms with Gasteiger partial charge in [0.2, 0.25) is 5.91 Å². The van der Waals surface area contributed by atoms with Crippen molar-refractivity contribution in [1.82, 2.24) is 0 Å². The van der Waals surface area contributed by atoms with E-state index in [1.54, 1.807) is 0 Å². The highest BCUT2D eigenvalue weighted by atomic mass is 79.9. The molecule has 2 aromatic carbocycles. The first-order chi connectivity index (χ1) is 13.9. The van der Waals surface area contributed by atoms with Crippen LogP contribution in [0.2, 0.25) is 0 Å². The molecule has 0 radical (unpaired) electrons. The highest BCUT2D eigenvalue weighted by Gasteiger charge is 2.57. The van der Waals surface area contributed by atoms with Gasteiger partial charge in [0.05, 0.1) is 6.54 Å². The van der Waals surface area contributed by atoms with Crippen LogP contribution in [-0.4, -0.2) is 10.2 Å². The molecule has 0 aliphatic heterocycles. The van der Waals surface area contributed by atoms with Crippen molar-refractivity contribution in [2.45, 2.75) is 62.7 Å². The van der Waals surface area contributed by atoms with Crippen LogP contribution in [0.5, 0.6) is 0 Å². The van der Waals surface area contributed by atoms with E-state index in [9.17, 15) is 4.79 Å². The second-order valence-electron chi connectivity index (χ2n) is 10.1. The minimum atomic E-state index is 0.199. The number of rotatable bonds is 5. The Morgan fingerprint density at radius 1 is 1.00 bits per heavy atom. The van der Waals surface area contributed by atoms with Gasteiger partial charge in [0.15, 0.2) is 0 Å². The van der Waals surface area contributed by atoms with E-state index in [4.69, 9.17) is 0 Å². The minimum absolute atomic E-state index is 0.199. The summed E-state index contributed by atoms with van der Waals surface area (Å²) in [5.41, 5.74) is 3.62. The smallest absolute Gasteiger partial charge is 0.227 e. The zero-order valence-corrected chi connectivity index (χ0v) is 18.8. The number of hydrogen-bond acceptors (Lipinski definition) is 1. The highest BCUT2D eigenvalue weighted by molar-refractivity contribution is 9.10. The third-order valence-corrected chi connectivity index (χ3v) is 8.40. The van der Waals surface area contributed by atoms with Crippen LogP contribution in [-0.2, 0) is 11.3 Å². The van der Waals surface area contributed by atoms with Crippen molar-refractivity contribution in [3.8, 4) is 0 Å². The Morgan fingerprint density at radius 3 is 2.28 bits per heavy atom. The summed E-state index contributed by atoms with van der Waals surface area (Å²) in [7, 11) is 0. The number of anilines is 1. The van der Waals surface area contributed by atoms with Crippen LogP contribution in [0.25, 0.3) is 0 Å². The lowest BCUT2D eigenvalue weighted by molar-refractivity contribution is -0.125. The first kappa shape index (κ1) is 19.4. The van der Waals surface area contributed by atoms with Gasteiger partial charge in [-0.3, -0.25) is 4.79 Å². The van der Waals surface area contributed by atoms with Gasteiger partial charge in [-0.25, -0.2) is 0 Å². The number of hydrogen-bond donors (Lipinski definition) is 0. The van der Waals surface area contributed by atoms with Gasteiger partial charge in [0, 0.05) is 16.4 Å². The molecule has 4 bridgehead atoms. The van der Waals surface area contributed by atoms with Crippen LogP contribution >= 0.6 is 15.9 Å². The molecule has 2 aromatic rings. The fraction of sp³-hybridized carbons (Fsp3) is 0.500. The molecule has 0 N–H and O–H groups in total. The van der Waals surface area contributed by atoms with E-state index in [1.807, 2.05) is 11.0 Å². The Kier molecular flexibility index (Phi) is 4.85. The molecule has 4 aliphatic rings. The molecule has 0 spiro atoms. The van der Waals surface area contributed by atoms with E-state index >= 15 is 0 Å². The van der Waals surface area contributed by atoms with E-state index in [1.165, 1.54) is 49.7 Å². The summed E-state index contributed by atoms with van der Waals surface area (Å²) in [4.78, 5) is 15.8. The number of benzene rings is 2. The summed E-state index contributed by atoms with van der Waals surface area (Å²) in [6.07, 6.45) is 8.36. The van der Waals surface area contributed by atoms with Crippen molar-refractivity contribution in [1.29, 1.82) is 0 Å². The largest absolute Gasteiger partial charge is 0.308 e. The second kappa shape index (κ2) is 7.27. The lowest BCUT2D eigenvalue weighted by Crippen LogP contribution is -2.54. The maximum Gasteiger partial charge on any atom is 0.227 e. The summed E-state index contributed by atoms with van der Waals surface area (Å²) in [6.45, 7) is 2.74. The van der Waals surface area contributed by atoms with Crippen molar-refractivity contribution in [2.24, 2.45) is 17.3 Å². The van der Waals surface area contributed by atoms with Crippen LogP contribution in [0.15, 0.2) is 54.6 Å². The third kappa shape index (κ3) is 3.91. The molecule has 1 amide bonds. The first-order valence-electron chi connectivity index (χ1n) is 11.0. The standard InChI is InChI=1S/C26H30BrNO/c1-19-7-9-23(10-8-19)28(17-20-5-3-2-4-6-20)24(29)16-25-12-21-11-22(13-25)15-26(27,14-21)18-25/h2-10,21-22H,11-18H2,1H3. The predicted molar refractivity (Wildman–Crippen MR) is 122 cm³/mol. The van der Waals surface area contributed by atoms with Gasteiger partial charge in [-0.05, 0) is 80.4 Å². The molecule has 0 aromatic heterocycles. The number of halogens is 1. The highest BCUT2D eigenvalue weighted by Crippen LogP contribution is 2.65. The van der Waals surface area contributed by atoms with Crippen LogP contribution in [0.4, 0.5) is 5.69 Å². The monoisotopic (exact) mass is 451 g/mol. The Morgan fingerprint density at radius 2 is 1.66 bits per heavy atom. The molecule has 0 saturated heterocycles. The lowest BCUT2D eigenvalue weighted by Gasteiger charge is -2.60. The fourth-order valence-electron chi connectivity index (χ4n) is 6.77. The Bertz CT molecular complexity index is 877. The molecular formula is C26H30BrNO. The molecule has 0 heterocycles. The van der Waals surface area contributed by atoms with Gasteiger partial charge in [0.25, 0.3) is 0 Å². The van der Waals surface area contributed by atoms with E-state index in [2.05, 4.69) is 71.4 Å². The normalized spacial score (nSPS) is 32.3. The summed E-state index contributed by atoms with van der Waals surface area (Å²) in [5, 5.41) is 0. The summed E-state index contributed by atoms with van der Waals surface area (Å²) < 4.78 is 0.297. The number of nitrogens with zero attached hydrogens (tertiary/aromatic N) is 1. The third-order valence-electron chi connectivity index (χ3n) is 7.47. The van der Waals surface area contributed by atoms with Crippen molar-refractivity contribution in [3.63, 3.8) is 0 Å². The molecule has 2 unspecified atom stereocenters. The second-order valence-corrected chi connectivity index (χ2v) is 11.8. The van der Waals surface area contributed by atoms with E-state index in [0.29, 0.717) is 17.3 Å². The number of alkyl halides is 1. The van der Waals surface area contributed by atoms with Crippen molar-refractivity contribution in [3.05, 3.63) is 65.7 Å². The molecule has 4 aliphatic carbocycles. The SMILES string of the molecule is Cc1ccc(N(Cc2ccccc2)C(=O)CC23CC4CC(CC(Br)(C4)C2)C3)cc1. The van der Waals surface area contributed by atoms with Gasteiger partial charge >= 0.3 is 0 Å². The van der Waals surface area contributed by atoms with Crippen LogP contribution < -0.4 is 4.90 Å². The number of amides is 1. The Balaban J connectivity index is 1.41. The van der Waals surface area contributed by atoms with Gasteiger partial charge in [0.1, 0.15) is 0 Å². The average molecular weight is 452 g/mol. The zero-order valence-electron chi connectivity index (χ0n) is 17.2. The number of aryl methyl sites for hydroxylation is 1. The molecule has 152 valence electrons. The van der Waals surface area contributed by atoms with Crippen LogP contribution in [0.3, 0.4) is 0 Å². The zero-order chi connectivity index (χ0) is 20.1. The van der Waals surface area contributed by atoms with Gasteiger partial charge in [-0.15, -0.1) is 0 Å². The van der Waals surface area contributed by atoms with Gasteiger partial charge in [-0.1, -0.05) is 64.0 Å². The van der Waals surface area contributed by atoms with Crippen LogP contribution in [0.1, 0.15) is 56.1 Å². The van der Waals surface area contributed by atoms with Gasteiger partial charge < -0.3 is 4.90 Å². The van der Waals surface area contributed by atoms with Crippen molar-refractivity contribution in [2.75, 3.05) is 4.90 Å². The van der Waals surface area contributed by atoms with E-state index in [0.717, 1.165) is 17.5 Å². The van der Waals surface area contributed by atoms with Crippen LogP contribution in [0, 0.1) is 24.2 Å². The minimum Gasteiger partial charge on any atom is -0.308 e. The Labute approximate surface area is 182 Å². The number of carbonyl (C=O) groups excluding carboxylic acids is 1. The predicted octanol–water partition coefficient (Wildman–Crippen LogP) is 6.65. The first-order valence-corrected chi connectivity index (χ1v) is 11.8. The quantitative estimate of drug-likeness (QED) is 0.465. The molecule has 2 nitrogen and oxygen atoms in total. The molecule has 3 heteroatoms. The lowest BCUT2D eigenvalue weighted by atomic mass is 9.48. The van der Waals surface area contributed by atoms with E-state index in [-0.39, 0.29) is 11.3 Å². The summed E-state index contributed by atoms with van der Waals surface area (Å²) >= 11 is 4.10. The number of carbonyl (C=O) groups is 1. The summed E-state index contributed by atoms with van der Waals surface area (Å²) in [6, 6.07) is 18.8. The van der Waals surface area contributed by atoms with Crippen molar-refractivity contribution >= 4 is 27.5 Å². The van der Waals surface area contributed by atoms with Gasteiger partial charge in [-0.2, -0.15) is 0 Å². The maximum absolute atomic E-state index is 13.7. The molecule has 4 fully saturated rings. The molecule has 4 saturated carbocycles.